The number of benzene rings is 2. The van der Waals surface area contributed by atoms with E-state index in [1.165, 1.54) is 48.6 Å². The minimum Gasteiger partial charge on any atom is -0.493 e. The standard InChI is InChI=1S/C30H36FN7O3/c1-3-10-37(17-21-8-9-21)11-5-12-41-28-15-26-25(14-27(28)40-2)30(33-20-32-26)36-24-16-34-38(18-24)19-29(39)35-23-7-4-6-22(31)13-23/h4,6-7,13-16,18,20-21H,3,5,8-12,17,19H2,1-2H3,(H,35,39)(H,32,33,36). The van der Waals surface area contributed by atoms with Gasteiger partial charge in [-0.1, -0.05) is 13.0 Å². The minimum absolute atomic E-state index is 0.0337. The van der Waals surface area contributed by atoms with Gasteiger partial charge in [-0.05, 0) is 62.4 Å². The SMILES string of the molecule is CCCN(CCCOc1cc2ncnc(Nc3cnn(CC(=O)Nc4cccc(F)c4)c3)c2cc1OC)CC1CC1. The number of anilines is 3. The Labute approximate surface area is 238 Å². The van der Waals surface area contributed by atoms with E-state index >= 15 is 0 Å². The number of ether oxygens (including phenoxy) is 2. The van der Waals surface area contributed by atoms with E-state index in [9.17, 15) is 9.18 Å². The molecule has 0 radical (unpaired) electrons. The van der Waals surface area contributed by atoms with E-state index in [0.717, 1.165) is 37.2 Å². The third kappa shape index (κ3) is 7.91. The molecule has 2 N–H and O–H groups in total. The van der Waals surface area contributed by atoms with Crippen molar-refractivity contribution in [2.24, 2.45) is 5.92 Å². The van der Waals surface area contributed by atoms with Gasteiger partial charge in [0.2, 0.25) is 5.91 Å². The lowest BCUT2D eigenvalue weighted by Gasteiger charge is -2.21. The van der Waals surface area contributed by atoms with Crippen LogP contribution in [-0.4, -0.2) is 63.9 Å². The van der Waals surface area contributed by atoms with Crippen LogP contribution >= 0.6 is 0 Å². The first-order chi connectivity index (χ1) is 20.0. The van der Waals surface area contributed by atoms with E-state index in [-0.39, 0.29) is 12.5 Å². The summed E-state index contributed by atoms with van der Waals surface area (Å²) in [6, 6.07) is 9.47. The smallest absolute Gasteiger partial charge is 0.246 e. The Morgan fingerprint density at radius 2 is 2.02 bits per heavy atom. The molecule has 1 aliphatic rings. The highest BCUT2D eigenvalue weighted by Gasteiger charge is 2.23. The Hall–Kier alpha value is -4.25. The molecule has 0 aliphatic heterocycles. The molecule has 10 nitrogen and oxygen atoms in total. The van der Waals surface area contributed by atoms with Gasteiger partial charge in [-0.15, -0.1) is 0 Å². The second kappa shape index (κ2) is 13.4. The number of nitrogens with one attached hydrogen (secondary N) is 2. The molecule has 0 unspecified atom stereocenters. The van der Waals surface area contributed by atoms with Crippen LogP contribution in [0, 0.1) is 11.7 Å². The van der Waals surface area contributed by atoms with Gasteiger partial charge in [0.05, 0.1) is 31.1 Å². The maximum Gasteiger partial charge on any atom is 0.246 e. The zero-order chi connectivity index (χ0) is 28.6. The molecule has 5 rings (SSSR count). The molecule has 2 aromatic carbocycles. The van der Waals surface area contributed by atoms with Crippen LogP contribution in [-0.2, 0) is 11.3 Å². The van der Waals surface area contributed by atoms with E-state index in [1.54, 1.807) is 25.6 Å². The number of amides is 1. The van der Waals surface area contributed by atoms with Crippen molar-refractivity contribution in [1.82, 2.24) is 24.6 Å². The Morgan fingerprint density at radius 3 is 2.80 bits per heavy atom. The fourth-order valence-corrected chi connectivity index (χ4v) is 4.75. The average molecular weight is 562 g/mol. The van der Waals surface area contributed by atoms with E-state index in [4.69, 9.17) is 9.47 Å². The maximum atomic E-state index is 13.4. The highest BCUT2D eigenvalue weighted by atomic mass is 19.1. The van der Waals surface area contributed by atoms with Gasteiger partial charge in [0.15, 0.2) is 11.5 Å². The molecule has 0 saturated heterocycles. The molecule has 1 fully saturated rings. The number of nitrogens with zero attached hydrogens (tertiary/aromatic N) is 5. The van der Waals surface area contributed by atoms with Crippen LogP contribution < -0.4 is 20.1 Å². The second-order valence-corrected chi connectivity index (χ2v) is 10.3. The summed E-state index contributed by atoms with van der Waals surface area (Å²) in [5.74, 6) is 1.95. The summed E-state index contributed by atoms with van der Waals surface area (Å²) < 4.78 is 26.6. The van der Waals surface area contributed by atoms with Gasteiger partial charge in [0.1, 0.15) is 24.5 Å². The molecule has 1 aliphatic carbocycles. The number of fused-ring (bicyclic) bond motifs is 1. The predicted molar refractivity (Wildman–Crippen MR) is 156 cm³/mol. The zero-order valence-corrected chi connectivity index (χ0v) is 23.5. The first-order valence-corrected chi connectivity index (χ1v) is 14.0. The number of aromatic nitrogens is 4. The van der Waals surface area contributed by atoms with E-state index < -0.39 is 5.82 Å². The average Bonchev–Trinajstić information content (AvgIpc) is 3.67. The molecule has 1 amide bonds. The fourth-order valence-electron chi connectivity index (χ4n) is 4.75. The molecule has 4 aromatic rings. The molecule has 0 bridgehead atoms. The minimum atomic E-state index is -0.418. The van der Waals surface area contributed by atoms with Crippen LogP contribution in [0.25, 0.3) is 10.9 Å². The molecule has 0 spiro atoms. The number of halogens is 1. The highest BCUT2D eigenvalue weighted by molar-refractivity contribution is 5.93. The highest BCUT2D eigenvalue weighted by Crippen LogP contribution is 2.35. The van der Waals surface area contributed by atoms with Crippen LogP contribution in [0.1, 0.15) is 32.6 Å². The van der Waals surface area contributed by atoms with Crippen molar-refractivity contribution in [3.63, 3.8) is 0 Å². The molecular weight excluding hydrogens is 525 g/mol. The molecule has 0 atom stereocenters. The summed E-state index contributed by atoms with van der Waals surface area (Å²) >= 11 is 0. The number of carbonyl (C=O) groups is 1. The van der Waals surface area contributed by atoms with Gasteiger partial charge < -0.3 is 25.0 Å². The Kier molecular flexibility index (Phi) is 9.25. The van der Waals surface area contributed by atoms with Crippen molar-refractivity contribution >= 4 is 34.0 Å². The van der Waals surface area contributed by atoms with E-state index in [0.29, 0.717) is 40.8 Å². The number of carbonyl (C=O) groups excluding carboxylic acids is 1. The van der Waals surface area contributed by atoms with E-state index in [2.05, 4.69) is 37.5 Å². The first-order valence-electron chi connectivity index (χ1n) is 14.0. The lowest BCUT2D eigenvalue weighted by molar-refractivity contribution is -0.116. The summed E-state index contributed by atoms with van der Waals surface area (Å²) in [5.41, 5.74) is 1.74. The Balaban J connectivity index is 1.20. The number of hydrogen-bond donors (Lipinski definition) is 2. The zero-order valence-electron chi connectivity index (χ0n) is 23.5. The second-order valence-electron chi connectivity index (χ2n) is 10.3. The lowest BCUT2D eigenvalue weighted by Crippen LogP contribution is -2.29. The van der Waals surface area contributed by atoms with Crippen LogP contribution in [0.5, 0.6) is 11.5 Å². The van der Waals surface area contributed by atoms with Gasteiger partial charge in [0, 0.05) is 36.4 Å². The topological polar surface area (TPSA) is 106 Å². The number of hydrogen-bond acceptors (Lipinski definition) is 8. The van der Waals surface area contributed by atoms with Crippen LogP contribution in [0.4, 0.5) is 21.6 Å². The monoisotopic (exact) mass is 561 g/mol. The summed E-state index contributed by atoms with van der Waals surface area (Å²) in [4.78, 5) is 23.8. The van der Waals surface area contributed by atoms with Gasteiger partial charge in [-0.25, -0.2) is 14.4 Å². The van der Waals surface area contributed by atoms with Crippen LogP contribution in [0.2, 0.25) is 0 Å². The number of methoxy groups -OCH3 is 1. The third-order valence-electron chi connectivity index (χ3n) is 6.86. The Bertz CT molecular complexity index is 1470. The molecule has 11 heteroatoms. The summed E-state index contributed by atoms with van der Waals surface area (Å²) in [5, 5.41) is 10.9. The summed E-state index contributed by atoms with van der Waals surface area (Å²) in [6.07, 6.45) is 9.60. The lowest BCUT2D eigenvalue weighted by atomic mass is 10.2. The van der Waals surface area contributed by atoms with Gasteiger partial charge >= 0.3 is 0 Å². The van der Waals surface area contributed by atoms with Crippen molar-refractivity contribution < 1.29 is 18.7 Å². The molecule has 41 heavy (non-hydrogen) atoms. The largest absolute Gasteiger partial charge is 0.493 e. The van der Waals surface area contributed by atoms with Crippen molar-refractivity contribution in [2.75, 3.05) is 44.0 Å². The predicted octanol–water partition coefficient (Wildman–Crippen LogP) is 5.25. The van der Waals surface area contributed by atoms with Gasteiger partial charge in [-0.3, -0.25) is 9.48 Å². The molecule has 2 heterocycles. The van der Waals surface area contributed by atoms with Crippen LogP contribution in [0.15, 0.2) is 55.1 Å². The normalized spacial score (nSPS) is 13.0. The fraction of sp³-hybridized carbons (Fsp3) is 0.400. The summed E-state index contributed by atoms with van der Waals surface area (Å²) in [6.45, 7) is 6.13. The quantitative estimate of drug-likeness (QED) is 0.190. The Morgan fingerprint density at radius 1 is 1.15 bits per heavy atom. The van der Waals surface area contributed by atoms with Crippen molar-refractivity contribution in [2.45, 2.75) is 39.2 Å². The molecule has 216 valence electrons. The van der Waals surface area contributed by atoms with Crippen molar-refractivity contribution in [3.8, 4) is 11.5 Å². The van der Waals surface area contributed by atoms with Crippen LogP contribution in [0.3, 0.4) is 0 Å². The van der Waals surface area contributed by atoms with Crippen molar-refractivity contribution in [1.29, 1.82) is 0 Å². The maximum absolute atomic E-state index is 13.4. The van der Waals surface area contributed by atoms with Crippen molar-refractivity contribution in [3.05, 3.63) is 60.9 Å². The molecule has 1 saturated carbocycles. The third-order valence-corrected chi connectivity index (χ3v) is 6.86. The molecular formula is C30H36FN7O3. The van der Waals surface area contributed by atoms with Gasteiger partial charge in [-0.2, -0.15) is 5.10 Å². The summed E-state index contributed by atoms with van der Waals surface area (Å²) in [7, 11) is 1.61. The van der Waals surface area contributed by atoms with E-state index in [1.807, 2.05) is 12.1 Å². The van der Waals surface area contributed by atoms with Gasteiger partial charge in [0.25, 0.3) is 0 Å². The first kappa shape index (κ1) is 28.3. The molecule has 2 aromatic heterocycles. The number of rotatable bonds is 15.